The first kappa shape index (κ1) is 15.3. The average Bonchev–Trinajstić information content (AvgIpc) is 2.84. The third-order valence-corrected chi connectivity index (χ3v) is 3.91. The van der Waals surface area contributed by atoms with Crippen LogP contribution in [0.5, 0.6) is 0 Å². The Morgan fingerprint density at radius 1 is 1.75 bits per heavy atom. The Kier molecular flexibility index (Phi) is 4.71. The van der Waals surface area contributed by atoms with E-state index in [0.29, 0.717) is 18.1 Å². The van der Waals surface area contributed by atoms with Gasteiger partial charge in [0, 0.05) is 25.0 Å². The van der Waals surface area contributed by atoms with Gasteiger partial charge in [-0.05, 0) is 13.8 Å². The van der Waals surface area contributed by atoms with Gasteiger partial charge in [-0.2, -0.15) is 0 Å². The summed E-state index contributed by atoms with van der Waals surface area (Å²) >= 11 is 1.27. The zero-order chi connectivity index (χ0) is 14.8. The van der Waals surface area contributed by atoms with Gasteiger partial charge in [0.15, 0.2) is 5.01 Å². The third-order valence-electron chi connectivity index (χ3n) is 3.02. The van der Waals surface area contributed by atoms with Gasteiger partial charge in [-0.1, -0.05) is 0 Å². The number of nitrogens with zero attached hydrogens (tertiary/aromatic N) is 2. The summed E-state index contributed by atoms with van der Waals surface area (Å²) in [4.78, 5) is 17.8. The molecular formula is C12H20N4O3S. The summed E-state index contributed by atoms with van der Waals surface area (Å²) in [7, 11) is 0. The van der Waals surface area contributed by atoms with Crippen LogP contribution in [0.4, 0.5) is 0 Å². The second-order valence-electron chi connectivity index (χ2n) is 5.47. The number of nitrogens with two attached hydrogens (primary N) is 1. The number of hydrazine groups is 1. The molecule has 0 saturated carbocycles. The zero-order valence-corrected chi connectivity index (χ0v) is 12.4. The molecule has 0 spiro atoms. The van der Waals surface area contributed by atoms with Gasteiger partial charge in [-0.25, -0.2) is 10.8 Å². The lowest BCUT2D eigenvalue weighted by atomic mass is 10.1. The lowest BCUT2D eigenvalue weighted by Crippen LogP contribution is -2.53. The van der Waals surface area contributed by atoms with E-state index in [1.54, 1.807) is 0 Å². The minimum absolute atomic E-state index is 0.00216. The first-order chi connectivity index (χ1) is 9.43. The fraction of sp³-hybridized carbons (Fsp3) is 0.667. The number of hydrogen-bond acceptors (Lipinski definition) is 7. The van der Waals surface area contributed by atoms with E-state index >= 15 is 0 Å². The van der Waals surface area contributed by atoms with Crippen LogP contribution in [0, 0.1) is 0 Å². The van der Waals surface area contributed by atoms with Crippen molar-refractivity contribution in [2.75, 3.05) is 19.7 Å². The van der Waals surface area contributed by atoms with E-state index in [0.717, 1.165) is 12.2 Å². The predicted molar refractivity (Wildman–Crippen MR) is 75.1 cm³/mol. The highest BCUT2D eigenvalue weighted by Gasteiger charge is 2.33. The number of carbonyl (C=O) groups excluding carboxylic acids is 1. The van der Waals surface area contributed by atoms with Crippen LogP contribution in [0.1, 0.15) is 29.3 Å². The Morgan fingerprint density at radius 2 is 2.50 bits per heavy atom. The number of amides is 1. The number of hydrogen-bond donors (Lipinski definition) is 3. The number of thiazole rings is 1. The lowest BCUT2D eigenvalue weighted by molar-refractivity contribution is -0.150. The van der Waals surface area contributed by atoms with Gasteiger partial charge in [-0.15, -0.1) is 11.3 Å². The molecule has 0 bridgehead atoms. The summed E-state index contributed by atoms with van der Waals surface area (Å²) in [6.45, 7) is 6.01. The maximum atomic E-state index is 11.4. The smallest absolute Gasteiger partial charge is 0.294 e. The molecule has 0 aromatic carbocycles. The number of rotatable bonds is 4. The summed E-state index contributed by atoms with van der Waals surface area (Å²) in [6, 6.07) is 0. The predicted octanol–water partition coefficient (Wildman–Crippen LogP) is -0.282. The molecular weight excluding hydrogens is 280 g/mol. The van der Waals surface area contributed by atoms with Gasteiger partial charge in [0.2, 0.25) is 0 Å². The number of ether oxygens (including phenoxy) is 1. The molecule has 8 heteroatoms. The van der Waals surface area contributed by atoms with Crippen LogP contribution >= 0.6 is 11.3 Å². The lowest BCUT2D eigenvalue weighted by Gasteiger charge is -2.42. The quantitative estimate of drug-likeness (QED) is 0.402. The van der Waals surface area contributed by atoms with Crippen LogP contribution in [0.25, 0.3) is 0 Å². The standard InChI is InChI=1S/C12H20N4O3S/c1-12(2)7-16(4-9(5-17)19-12)3-8-6-20-11(14-8)10(18)15-13/h6,9,17H,3-5,7,13H2,1-2H3,(H,15,18). The Bertz CT molecular complexity index is 477. The van der Waals surface area contributed by atoms with Gasteiger partial charge in [0.1, 0.15) is 0 Å². The molecule has 1 aromatic rings. The maximum Gasteiger partial charge on any atom is 0.294 e. The van der Waals surface area contributed by atoms with Gasteiger partial charge in [0.05, 0.1) is 24.0 Å². The number of aliphatic hydroxyl groups is 1. The zero-order valence-electron chi connectivity index (χ0n) is 11.6. The molecule has 7 nitrogen and oxygen atoms in total. The summed E-state index contributed by atoms with van der Waals surface area (Å²) in [6.07, 6.45) is -0.191. The molecule has 1 aliphatic heterocycles. The van der Waals surface area contributed by atoms with Crippen molar-refractivity contribution in [2.45, 2.75) is 32.1 Å². The van der Waals surface area contributed by atoms with Crippen molar-refractivity contribution < 1.29 is 14.6 Å². The number of aliphatic hydroxyl groups excluding tert-OH is 1. The number of morpholine rings is 1. The number of carbonyl (C=O) groups is 1. The van der Waals surface area contributed by atoms with Crippen molar-refractivity contribution >= 4 is 17.2 Å². The SMILES string of the molecule is CC1(C)CN(Cc2csc(C(=O)NN)n2)CC(CO)O1. The molecule has 1 amide bonds. The van der Waals surface area contributed by atoms with Crippen molar-refractivity contribution in [2.24, 2.45) is 5.84 Å². The summed E-state index contributed by atoms with van der Waals surface area (Å²) in [5.74, 6) is 4.70. The van der Waals surface area contributed by atoms with Crippen molar-refractivity contribution in [3.63, 3.8) is 0 Å². The highest BCUT2D eigenvalue weighted by Crippen LogP contribution is 2.22. The van der Waals surface area contributed by atoms with Gasteiger partial charge >= 0.3 is 0 Å². The molecule has 20 heavy (non-hydrogen) atoms. The first-order valence-corrected chi connectivity index (χ1v) is 7.28. The number of nitrogens with one attached hydrogen (secondary N) is 1. The van der Waals surface area contributed by atoms with Crippen molar-refractivity contribution in [3.8, 4) is 0 Å². The fourth-order valence-corrected chi connectivity index (χ4v) is 3.12. The average molecular weight is 300 g/mol. The normalized spacial score (nSPS) is 22.7. The molecule has 0 aliphatic carbocycles. The van der Waals surface area contributed by atoms with E-state index in [1.165, 1.54) is 11.3 Å². The highest BCUT2D eigenvalue weighted by atomic mass is 32.1. The molecule has 1 unspecified atom stereocenters. The molecule has 0 radical (unpaired) electrons. The largest absolute Gasteiger partial charge is 0.394 e. The van der Waals surface area contributed by atoms with Crippen molar-refractivity contribution in [1.82, 2.24) is 15.3 Å². The Balaban J connectivity index is 2.01. The Morgan fingerprint density at radius 3 is 3.15 bits per heavy atom. The first-order valence-electron chi connectivity index (χ1n) is 6.40. The van der Waals surface area contributed by atoms with Gasteiger partial charge in [0.25, 0.3) is 5.91 Å². The molecule has 1 aliphatic rings. The molecule has 2 heterocycles. The molecule has 1 aromatic heterocycles. The second-order valence-corrected chi connectivity index (χ2v) is 6.33. The van der Waals surface area contributed by atoms with E-state index in [2.05, 4.69) is 15.3 Å². The summed E-state index contributed by atoms with van der Waals surface area (Å²) < 4.78 is 5.76. The Labute approximate surface area is 121 Å². The third kappa shape index (κ3) is 3.74. The molecule has 1 saturated heterocycles. The number of nitrogen functional groups attached to an aromatic ring is 1. The number of aromatic nitrogens is 1. The molecule has 112 valence electrons. The Hall–Kier alpha value is -1.06. The molecule has 1 atom stereocenters. The monoisotopic (exact) mass is 300 g/mol. The van der Waals surface area contributed by atoms with Crippen LogP contribution < -0.4 is 11.3 Å². The minimum Gasteiger partial charge on any atom is -0.394 e. The highest BCUT2D eigenvalue weighted by molar-refractivity contribution is 7.11. The van der Waals surface area contributed by atoms with Crippen LogP contribution in [0.2, 0.25) is 0 Å². The molecule has 4 N–H and O–H groups in total. The van der Waals surface area contributed by atoms with E-state index in [-0.39, 0.29) is 24.2 Å². The van der Waals surface area contributed by atoms with E-state index in [9.17, 15) is 9.90 Å². The van der Waals surface area contributed by atoms with E-state index in [1.807, 2.05) is 19.2 Å². The van der Waals surface area contributed by atoms with Gasteiger partial charge < -0.3 is 9.84 Å². The van der Waals surface area contributed by atoms with Crippen molar-refractivity contribution in [1.29, 1.82) is 0 Å². The topological polar surface area (TPSA) is 101 Å². The van der Waals surface area contributed by atoms with Crippen LogP contribution in [-0.4, -0.2) is 52.3 Å². The summed E-state index contributed by atoms with van der Waals surface area (Å²) in [5.41, 5.74) is 2.59. The summed E-state index contributed by atoms with van der Waals surface area (Å²) in [5, 5.41) is 11.5. The van der Waals surface area contributed by atoms with Crippen molar-refractivity contribution in [3.05, 3.63) is 16.1 Å². The van der Waals surface area contributed by atoms with E-state index < -0.39 is 0 Å². The maximum absolute atomic E-state index is 11.4. The van der Waals surface area contributed by atoms with E-state index in [4.69, 9.17) is 10.6 Å². The minimum atomic E-state index is -0.378. The second kappa shape index (κ2) is 6.15. The van der Waals surface area contributed by atoms with Crippen LogP contribution in [-0.2, 0) is 11.3 Å². The molecule has 2 rings (SSSR count). The van der Waals surface area contributed by atoms with Crippen LogP contribution in [0.15, 0.2) is 5.38 Å². The molecule has 1 fully saturated rings. The van der Waals surface area contributed by atoms with Gasteiger partial charge in [-0.3, -0.25) is 15.1 Å². The fourth-order valence-electron chi connectivity index (χ4n) is 2.41. The van der Waals surface area contributed by atoms with Crippen LogP contribution in [0.3, 0.4) is 0 Å².